The molecule has 0 aromatic heterocycles. The van der Waals surface area contributed by atoms with E-state index in [0.717, 1.165) is 6.54 Å². The zero-order chi connectivity index (χ0) is 48.0. The summed E-state index contributed by atoms with van der Waals surface area (Å²) in [6, 6.07) is 3.78. The highest BCUT2D eigenvalue weighted by Gasteiger charge is 2.39. The zero-order valence-electron chi connectivity index (χ0n) is 46.1. The first-order valence-electron chi connectivity index (χ1n) is 26.8. The van der Waals surface area contributed by atoms with Crippen molar-refractivity contribution in [2.24, 2.45) is 0 Å². The predicted octanol–water partition coefficient (Wildman–Crippen LogP) is 19.7. The van der Waals surface area contributed by atoms with Gasteiger partial charge in [-0.05, 0) is 162 Å². The molecule has 0 aliphatic carbocycles. The monoisotopic (exact) mass is 1040 g/mol. The van der Waals surface area contributed by atoms with E-state index in [1.165, 1.54) is 186 Å². The molecular weight excluding hydrogens is 909 g/mol. The molecule has 0 fully saturated rings. The van der Waals surface area contributed by atoms with Crippen molar-refractivity contribution in [3.8, 4) is 0 Å². The number of unbranched alkanes of at least 4 members (excludes halogenated alkanes) is 14. The lowest BCUT2D eigenvalue weighted by Crippen LogP contribution is -2.52. The lowest BCUT2D eigenvalue weighted by atomic mass is 10.1. The van der Waals surface area contributed by atoms with E-state index in [4.69, 9.17) is 16.5 Å². The Morgan fingerprint density at radius 2 is 0.652 bits per heavy atom. The molecule has 0 aromatic carbocycles. The van der Waals surface area contributed by atoms with E-state index >= 15 is 0 Å². The van der Waals surface area contributed by atoms with Crippen molar-refractivity contribution in [3.63, 3.8) is 0 Å². The summed E-state index contributed by atoms with van der Waals surface area (Å²) in [6.07, 6.45) is 30.3. The van der Waals surface area contributed by atoms with Gasteiger partial charge in [-0.2, -0.15) is 0 Å². The molecule has 0 spiro atoms. The van der Waals surface area contributed by atoms with Crippen LogP contribution in [0.1, 0.15) is 206 Å². The second-order valence-electron chi connectivity index (χ2n) is 21.5. The van der Waals surface area contributed by atoms with Crippen molar-refractivity contribution in [2.75, 3.05) is 39.3 Å². The molecule has 0 saturated heterocycles. The van der Waals surface area contributed by atoms with Gasteiger partial charge in [0.15, 0.2) is 34.0 Å². The van der Waals surface area contributed by atoms with Crippen molar-refractivity contribution >= 4 is 51.1 Å². The van der Waals surface area contributed by atoms with E-state index in [0.29, 0.717) is 0 Å². The second-order valence-corrected chi connectivity index (χ2v) is 44.7. The molecule has 0 bridgehead atoms. The third-order valence-corrected chi connectivity index (χ3v) is 32.7. The number of hydrogen-bond donors (Lipinski definition) is 0. The molecule has 0 saturated carbocycles. The number of rotatable bonds is 40. The molecule has 0 heterocycles. The van der Waals surface area contributed by atoms with Crippen LogP contribution >= 0.6 is 0 Å². The third kappa shape index (κ3) is 57.4. The summed E-state index contributed by atoms with van der Waals surface area (Å²) in [4.78, 5) is 5.30. The summed E-state index contributed by atoms with van der Waals surface area (Å²) in [5.41, 5.74) is 0. The van der Waals surface area contributed by atoms with Crippen LogP contribution in [0.2, 0.25) is 96.7 Å². The molecule has 0 rings (SSSR count). The molecule has 0 aliphatic heterocycles. The van der Waals surface area contributed by atoms with Gasteiger partial charge in [0.2, 0.25) is 0 Å². The summed E-state index contributed by atoms with van der Waals surface area (Å²) < 4.78 is 25.9. The van der Waals surface area contributed by atoms with Crippen LogP contribution in [0.25, 0.3) is 0 Å². The first-order valence-corrected chi connectivity index (χ1v) is 44.6. The Balaban J connectivity index is -0.000000169. The van der Waals surface area contributed by atoms with E-state index in [1.807, 2.05) is 6.08 Å². The van der Waals surface area contributed by atoms with Crippen molar-refractivity contribution in [1.82, 2.24) is 9.80 Å². The number of nitrogens with zero attached hydrogens (tertiary/aromatic N) is 2. The number of hydrogen-bond acceptors (Lipinski definition) is 6. The largest absolute Gasteiger partial charge is 0.440 e. The normalized spacial score (nSPS) is 12.0. The summed E-state index contributed by atoms with van der Waals surface area (Å²) in [5, 5.41) is 0. The Kier molecular flexibility index (Phi) is 60.5. The molecule has 0 amide bonds. The fourth-order valence-corrected chi connectivity index (χ4v) is 34.9. The molecule has 0 unspecified atom stereocenters. The summed E-state index contributed by atoms with van der Waals surface area (Å²) in [6.45, 7) is 52.6. The first kappa shape index (κ1) is 80.9. The van der Waals surface area contributed by atoms with Crippen molar-refractivity contribution in [1.29, 1.82) is 0 Å². The van der Waals surface area contributed by atoms with Crippen LogP contribution in [-0.4, -0.2) is 100 Å². The Bertz CT molecular complexity index is 964. The van der Waals surface area contributed by atoms with Gasteiger partial charge in [-0.3, -0.25) is 4.90 Å². The predicted molar refractivity (Wildman–Crippen MR) is 326 cm³/mol. The van der Waals surface area contributed by atoms with Crippen LogP contribution in [0.4, 0.5) is 0 Å². The summed E-state index contributed by atoms with van der Waals surface area (Å²) in [7, 11) is -9.59. The minimum Gasteiger partial charge on any atom is -0.440 e. The van der Waals surface area contributed by atoms with Crippen LogP contribution in [0.15, 0.2) is 12.7 Å². The fraction of sp³-hybridized carbons (Fsp3) is 0.963. The van der Waals surface area contributed by atoms with Gasteiger partial charge in [0.05, 0.1) is 0 Å². The molecule has 0 N–H and O–H groups in total. The molecule has 0 atom stereocenters. The molecule has 12 heteroatoms. The second kappa shape index (κ2) is 49.4. The maximum atomic E-state index is 6.82. The van der Waals surface area contributed by atoms with E-state index < -0.39 is 51.1 Å². The average molecular weight is 1040 g/mol. The van der Waals surface area contributed by atoms with Gasteiger partial charge in [-0.25, -0.2) is 0 Å². The Labute approximate surface area is 429 Å². The standard InChI is InChI=1S/C25H59NO2Si3.C15H31N.C10H28O2Si3.4CH4/c1-10-13-16-18-21-26(22-19-17-14-11-2)23-20-25-30(6,7)28-31(8,9)27-29(4,5)24-15-12-3;1-4-7-9-11-14-16(13-6-3)15-12-10-8-5-2;1-8-9-10-14(4,5)12-15(6,7)11-13(2)3;;;;/h10-25H2,1-9H3;6H,3-5,7-15H2,1-2H3;13H,8-10H2,1-7H3;4*1H4. The molecule has 6 nitrogen and oxygen atoms in total. The van der Waals surface area contributed by atoms with Crippen molar-refractivity contribution in [3.05, 3.63) is 12.7 Å². The van der Waals surface area contributed by atoms with Gasteiger partial charge in [0.25, 0.3) is 0 Å². The maximum absolute atomic E-state index is 6.82. The Hall–Kier alpha value is 0.801. The molecule has 66 heavy (non-hydrogen) atoms. The zero-order valence-corrected chi connectivity index (χ0v) is 52.3. The minimum atomic E-state index is -2.05. The van der Waals surface area contributed by atoms with Crippen LogP contribution in [-0.2, 0) is 16.5 Å². The SMILES string of the molecule is C.C.C.C.C=CCN(CCCCCC)CCCCCC.CCCCCCN(CCCCCC)CCC[Si](C)(C)O[Si](C)(C)O[Si](C)(C)CCCC.CCCC[Si](C)(C)O[Si](C)(C)O[SiH](C)C. The third-order valence-electron chi connectivity index (χ3n) is 11.3. The quantitative estimate of drug-likeness (QED) is 0.0346. The molecule has 0 aliphatic rings. The van der Waals surface area contributed by atoms with Crippen molar-refractivity contribution in [2.45, 2.75) is 303 Å². The molecule has 0 aromatic rings. The first-order chi connectivity index (χ1) is 29.0. The summed E-state index contributed by atoms with van der Waals surface area (Å²) in [5.74, 6) is 0. The van der Waals surface area contributed by atoms with E-state index in [9.17, 15) is 0 Å². The van der Waals surface area contributed by atoms with Crippen LogP contribution in [0.3, 0.4) is 0 Å². The molecule has 0 radical (unpaired) electrons. The van der Waals surface area contributed by atoms with Crippen LogP contribution in [0, 0.1) is 0 Å². The maximum Gasteiger partial charge on any atom is 0.311 e. The van der Waals surface area contributed by atoms with Crippen molar-refractivity contribution < 1.29 is 16.5 Å². The Morgan fingerprint density at radius 3 is 0.939 bits per heavy atom. The fourth-order valence-electron chi connectivity index (χ4n) is 8.56. The van der Waals surface area contributed by atoms with Gasteiger partial charge < -0.3 is 21.4 Å². The lowest BCUT2D eigenvalue weighted by Gasteiger charge is -2.39. The van der Waals surface area contributed by atoms with E-state index in [2.05, 4.69) is 136 Å². The highest BCUT2D eigenvalue weighted by Crippen LogP contribution is 2.27. The topological polar surface area (TPSA) is 43.4 Å². The Morgan fingerprint density at radius 1 is 0.379 bits per heavy atom. The van der Waals surface area contributed by atoms with E-state index in [-0.39, 0.29) is 29.7 Å². The van der Waals surface area contributed by atoms with Gasteiger partial charge in [-0.15, -0.1) is 6.58 Å². The van der Waals surface area contributed by atoms with Gasteiger partial charge >= 0.3 is 17.1 Å². The highest BCUT2D eigenvalue weighted by molar-refractivity contribution is 6.88. The highest BCUT2D eigenvalue weighted by atomic mass is 28.5. The van der Waals surface area contributed by atoms with Crippen LogP contribution < -0.4 is 0 Å². The smallest absolute Gasteiger partial charge is 0.311 e. The summed E-state index contributed by atoms with van der Waals surface area (Å²) >= 11 is 0. The van der Waals surface area contributed by atoms with Gasteiger partial charge in [0.1, 0.15) is 0 Å². The van der Waals surface area contributed by atoms with E-state index in [1.54, 1.807) is 0 Å². The molecule has 408 valence electrons. The molecular formula is C54H134N2O4Si6. The average Bonchev–Trinajstić information content (AvgIpc) is 3.15. The van der Waals surface area contributed by atoms with Gasteiger partial charge in [-0.1, -0.05) is 180 Å². The van der Waals surface area contributed by atoms with Gasteiger partial charge in [0, 0.05) is 6.54 Å². The van der Waals surface area contributed by atoms with Crippen LogP contribution in [0.5, 0.6) is 0 Å². The minimum absolute atomic E-state index is 0. The lowest BCUT2D eigenvalue weighted by molar-refractivity contribution is 0.259.